The van der Waals surface area contributed by atoms with Gasteiger partial charge in [0.2, 0.25) is 0 Å². The van der Waals surface area contributed by atoms with Crippen molar-refractivity contribution >= 4 is 23.4 Å². The smallest absolute Gasteiger partial charge is 0.157 e. The summed E-state index contributed by atoms with van der Waals surface area (Å²) in [6, 6.07) is 0.430. The van der Waals surface area contributed by atoms with E-state index in [9.17, 15) is 5.11 Å². The quantitative estimate of drug-likeness (QED) is 0.825. The number of imidazole rings is 1. The molecule has 0 aromatic carbocycles. The fraction of sp³-hybridized carbons (Fsp3) is 0.615. The Kier molecular flexibility index (Phi) is 2.35. The minimum Gasteiger partial charge on any atom is -0.396 e. The van der Waals surface area contributed by atoms with Crippen LogP contribution < -0.4 is 0 Å². The van der Waals surface area contributed by atoms with Gasteiger partial charge in [0, 0.05) is 12.6 Å². The highest BCUT2D eigenvalue weighted by molar-refractivity contribution is 7.71. The molecule has 2 aromatic heterocycles. The molecule has 0 radical (unpaired) electrons. The van der Waals surface area contributed by atoms with Gasteiger partial charge in [0.15, 0.2) is 4.64 Å². The van der Waals surface area contributed by atoms with Crippen molar-refractivity contribution in [3.05, 3.63) is 17.3 Å². The number of hydrogen-bond donors (Lipinski definition) is 2. The van der Waals surface area contributed by atoms with Crippen molar-refractivity contribution in [2.45, 2.75) is 31.7 Å². The molecule has 2 bridgehead atoms. The molecule has 4 rings (SSSR count). The molecule has 0 unspecified atom stereocenters. The Morgan fingerprint density at radius 2 is 2.37 bits per heavy atom. The predicted octanol–water partition coefficient (Wildman–Crippen LogP) is 2.21. The molecule has 0 amide bonds. The Bertz CT molecular complexity index is 693. The number of aliphatic hydroxyl groups is 1. The Morgan fingerprint density at radius 3 is 3.16 bits per heavy atom. The first-order valence-corrected chi connectivity index (χ1v) is 7.14. The lowest BCUT2D eigenvalue weighted by Crippen LogP contribution is -2.23. The second-order valence-electron chi connectivity index (χ2n) is 5.99. The molecule has 2 aliphatic rings. The molecule has 2 fully saturated rings. The second kappa shape index (κ2) is 3.86. The fourth-order valence-corrected chi connectivity index (χ4v) is 4.24. The van der Waals surface area contributed by atoms with Crippen LogP contribution in [-0.2, 0) is 0 Å². The first kappa shape index (κ1) is 11.5. The highest BCUT2D eigenvalue weighted by Gasteiger charge is 2.50. The lowest BCUT2D eigenvalue weighted by molar-refractivity contribution is 0.123. The van der Waals surface area contributed by atoms with E-state index in [2.05, 4.69) is 19.5 Å². The van der Waals surface area contributed by atoms with Crippen LogP contribution in [0.3, 0.4) is 0 Å². The Labute approximate surface area is 115 Å². The summed E-state index contributed by atoms with van der Waals surface area (Å²) in [5, 5.41) is 9.66. The average Bonchev–Trinajstić information content (AvgIpc) is 3.11. The number of aromatic nitrogens is 4. The van der Waals surface area contributed by atoms with Crippen molar-refractivity contribution < 1.29 is 5.11 Å². The Hall–Kier alpha value is -1.27. The van der Waals surface area contributed by atoms with Crippen LogP contribution in [0.4, 0.5) is 0 Å². The van der Waals surface area contributed by atoms with Gasteiger partial charge in [-0.2, -0.15) is 0 Å². The van der Waals surface area contributed by atoms with Crippen LogP contribution in [0.1, 0.15) is 31.7 Å². The molecule has 6 heteroatoms. The number of H-pyrrole nitrogens is 1. The molecule has 2 heterocycles. The van der Waals surface area contributed by atoms with E-state index in [4.69, 9.17) is 12.2 Å². The highest BCUT2D eigenvalue weighted by Crippen LogP contribution is 2.58. The van der Waals surface area contributed by atoms with Gasteiger partial charge in [-0.25, -0.2) is 9.97 Å². The molecular formula is C13H16N4OS. The van der Waals surface area contributed by atoms with Gasteiger partial charge in [-0.3, -0.25) is 0 Å². The number of hydrogen-bond acceptors (Lipinski definition) is 4. The zero-order valence-electron chi connectivity index (χ0n) is 10.5. The molecule has 2 N–H and O–H groups in total. The van der Waals surface area contributed by atoms with E-state index in [-0.39, 0.29) is 5.41 Å². The van der Waals surface area contributed by atoms with E-state index in [0.29, 0.717) is 23.2 Å². The maximum atomic E-state index is 9.66. The number of aromatic amines is 1. The normalized spacial score (nSPS) is 33.3. The van der Waals surface area contributed by atoms with E-state index in [1.54, 1.807) is 6.33 Å². The number of rotatable bonds is 2. The molecule has 5 nitrogen and oxygen atoms in total. The lowest BCUT2D eigenvalue weighted by Gasteiger charge is -2.29. The Balaban J connectivity index is 1.81. The zero-order chi connectivity index (χ0) is 13.0. The standard InChI is InChI=1S/C13H16N4OS/c18-5-13-2-1-8(3-13)9(4-13)17-7-16-10-11(17)14-6-15-12(10)19/h6-9,18H,1-5H2,(H,14,15,19)/t8-,9-,13-/m1/s1. The first-order valence-electron chi connectivity index (χ1n) is 6.73. The minimum atomic E-state index is 0.149. The summed E-state index contributed by atoms with van der Waals surface area (Å²) >= 11 is 5.21. The molecule has 100 valence electrons. The molecule has 19 heavy (non-hydrogen) atoms. The van der Waals surface area contributed by atoms with Gasteiger partial charge >= 0.3 is 0 Å². The number of nitrogens with one attached hydrogen (secondary N) is 1. The van der Waals surface area contributed by atoms with Crippen LogP contribution >= 0.6 is 12.2 Å². The van der Waals surface area contributed by atoms with Crippen molar-refractivity contribution in [2.75, 3.05) is 6.61 Å². The molecule has 2 aliphatic carbocycles. The maximum absolute atomic E-state index is 9.66. The minimum absolute atomic E-state index is 0.149. The zero-order valence-corrected chi connectivity index (χ0v) is 11.4. The van der Waals surface area contributed by atoms with Crippen molar-refractivity contribution in [1.82, 2.24) is 19.5 Å². The number of nitrogens with zero attached hydrogens (tertiary/aromatic N) is 3. The van der Waals surface area contributed by atoms with Gasteiger partial charge in [-0.05, 0) is 37.0 Å². The van der Waals surface area contributed by atoms with Crippen LogP contribution in [0.2, 0.25) is 0 Å². The van der Waals surface area contributed by atoms with Crippen LogP contribution in [0, 0.1) is 16.0 Å². The van der Waals surface area contributed by atoms with Gasteiger partial charge in [0.05, 0.1) is 12.7 Å². The average molecular weight is 276 g/mol. The molecule has 0 aliphatic heterocycles. The van der Waals surface area contributed by atoms with Crippen molar-refractivity contribution in [2.24, 2.45) is 11.3 Å². The summed E-state index contributed by atoms with van der Waals surface area (Å²) in [6.45, 7) is 0.310. The SMILES string of the molecule is OC[C@]12CC[C@H](C1)[C@H](n1cnc3c(=S)nc[nH]c31)C2. The maximum Gasteiger partial charge on any atom is 0.157 e. The Morgan fingerprint density at radius 1 is 1.47 bits per heavy atom. The largest absolute Gasteiger partial charge is 0.396 e. The topological polar surface area (TPSA) is 66.7 Å². The molecular weight excluding hydrogens is 260 g/mol. The molecule has 2 saturated carbocycles. The van der Waals surface area contributed by atoms with Crippen molar-refractivity contribution in [3.8, 4) is 0 Å². The van der Waals surface area contributed by atoms with Gasteiger partial charge in [-0.1, -0.05) is 12.2 Å². The summed E-state index contributed by atoms with van der Waals surface area (Å²) in [6.07, 6.45) is 8.06. The summed E-state index contributed by atoms with van der Waals surface area (Å²) in [7, 11) is 0. The third-order valence-corrected chi connectivity index (χ3v) is 5.30. The van der Waals surface area contributed by atoms with Gasteiger partial charge < -0.3 is 14.7 Å². The third-order valence-electron chi connectivity index (χ3n) is 5.00. The van der Waals surface area contributed by atoms with Gasteiger partial charge in [0.1, 0.15) is 11.2 Å². The summed E-state index contributed by atoms with van der Waals surface area (Å²) in [5.74, 6) is 0.652. The van der Waals surface area contributed by atoms with Gasteiger partial charge in [-0.15, -0.1) is 0 Å². The summed E-state index contributed by atoms with van der Waals surface area (Å²) in [5.41, 5.74) is 1.89. The van der Waals surface area contributed by atoms with Crippen LogP contribution in [0.15, 0.2) is 12.7 Å². The van der Waals surface area contributed by atoms with E-state index in [1.807, 2.05) is 6.33 Å². The second-order valence-corrected chi connectivity index (χ2v) is 6.38. The third kappa shape index (κ3) is 1.53. The highest BCUT2D eigenvalue weighted by atomic mass is 32.1. The van der Waals surface area contributed by atoms with E-state index in [0.717, 1.165) is 30.4 Å². The number of aliphatic hydroxyl groups excluding tert-OH is 1. The predicted molar refractivity (Wildman–Crippen MR) is 73.2 cm³/mol. The van der Waals surface area contributed by atoms with Crippen LogP contribution in [0.5, 0.6) is 0 Å². The van der Waals surface area contributed by atoms with Gasteiger partial charge in [0.25, 0.3) is 0 Å². The van der Waals surface area contributed by atoms with Crippen molar-refractivity contribution in [1.29, 1.82) is 0 Å². The monoisotopic (exact) mass is 276 g/mol. The number of fused-ring (bicyclic) bond motifs is 3. The molecule has 3 atom stereocenters. The molecule has 0 spiro atoms. The fourth-order valence-electron chi connectivity index (χ4n) is 4.03. The van der Waals surface area contributed by atoms with Crippen molar-refractivity contribution in [3.63, 3.8) is 0 Å². The van der Waals surface area contributed by atoms with E-state index >= 15 is 0 Å². The van der Waals surface area contributed by atoms with Crippen LogP contribution in [-0.4, -0.2) is 31.2 Å². The summed E-state index contributed by atoms with van der Waals surface area (Å²) in [4.78, 5) is 11.6. The summed E-state index contributed by atoms with van der Waals surface area (Å²) < 4.78 is 2.75. The first-order chi connectivity index (χ1) is 9.22. The molecule has 2 aromatic rings. The van der Waals surface area contributed by atoms with E-state index in [1.165, 1.54) is 6.42 Å². The lowest BCUT2D eigenvalue weighted by atomic mass is 9.83. The van der Waals surface area contributed by atoms with Crippen LogP contribution in [0.25, 0.3) is 11.2 Å². The van der Waals surface area contributed by atoms with E-state index < -0.39 is 0 Å². The molecule has 0 saturated heterocycles.